The van der Waals surface area contributed by atoms with Crippen LogP contribution in [0.3, 0.4) is 0 Å². The van der Waals surface area contributed by atoms with E-state index in [0.29, 0.717) is 5.95 Å². The zero-order chi connectivity index (χ0) is 9.68. The number of nitrogens with zero attached hydrogens (tertiary/aromatic N) is 3. The zero-order valence-corrected chi connectivity index (χ0v) is 8.41. The minimum absolute atomic E-state index is 0.682. The molecule has 0 bridgehead atoms. The van der Waals surface area contributed by atoms with Gasteiger partial charge >= 0.3 is 0 Å². The fourth-order valence-corrected chi connectivity index (χ4v) is 0.993. The van der Waals surface area contributed by atoms with E-state index in [1.54, 1.807) is 6.20 Å². The molecule has 0 atom stereocenters. The van der Waals surface area contributed by atoms with Gasteiger partial charge in [0.05, 0.1) is 5.69 Å². The topological polar surface area (TPSA) is 41.1 Å². The van der Waals surface area contributed by atoms with Crippen molar-refractivity contribution in [3.05, 3.63) is 18.0 Å². The second-order valence-electron chi connectivity index (χ2n) is 2.95. The molecule has 1 rings (SSSR count). The van der Waals surface area contributed by atoms with Gasteiger partial charge in [-0.1, -0.05) is 6.92 Å². The molecule has 1 N–H and O–H groups in total. The molecule has 1 aromatic rings. The van der Waals surface area contributed by atoms with Crippen molar-refractivity contribution >= 4 is 5.95 Å². The molecule has 0 aliphatic carbocycles. The SMILES string of the molecule is CCN(C)Cc1ccnc(NC)n1. The largest absolute Gasteiger partial charge is 0.357 e. The lowest BCUT2D eigenvalue weighted by Gasteiger charge is -2.12. The van der Waals surface area contributed by atoms with Crippen LogP contribution >= 0.6 is 0 Å². The Morgan fingerprint density at radius 2 is 2.31 bits per heavy atom. The predicted octanol–water partition coefficient (Wildman–Crippen LogP) is 0.970. The summed E-state index contributed by atoms with van der Waals surface area (Å²) in [5, 5.41) is 2.92. The molecule has 0 aliphatic rings. The van der Waals surface area contributed by atoms with Gasteiger partial charge in [0.1, 0.15) is 0 Å². The Morgan fingerprint density at radius 3 is 2.92 bits per heavy atom. The first-order chi connectivity index (χ1) is 6.26. The van der Waals surface area contributed by atoms with Gasteiger partial charge in [0.25, 0.3) is 0 Å². The Bertz CT molecular complexity index is 262. The summed E-state index contributed by atoms with van der Waals surface area (Å²) in [7, 11) is 3.89. The summed E-state index contributed by atoms with van der Waals surface area (Å²) in [6.45, 7) is 4.02. The third kappa shape index (κ3) is 2.99. The molecule has 13 heavy (non-hydrogen) atoms. The van der Waals surface area contributed by atoms with Crippen LogP contribution in [0.5, 0.6) is 0 Å². The first-order valence-corrected chi connectivity index (χ1v) is 4.44. The Morgan fingerprint density at radius 1 is 1.54 bits per heavy atom. The van der Waals surface area contributed by atoms with Gasteiger partial charge in [0.15, 0.2) is 0 Å². The second-order valence-corrected chi connectivity index (χ2v) is 2.95. The van der Waals surface area contributed by atoms with Crippen molar-refractivity contribution in [2.24, 2.45) is 0 Å². The molecule has 0 saturated heterocycles. The first kappa shape index (κ1) is 9.92. The van der Waals surface area contributed by atoms with Crippen LogP contribution in [0.1, 0.15) is 12.6 Å². The minimum Gasteiger partial charge on any atom is -0.357 e. The monoisotopic (exact) mass is 180 g/mol. The highest BCUT2D eigenvalue weighted by molar-refractivity contribution is 5.23. The molecule has 0 fully saturated rings. The number of hydrogen-bond donors (Lipinski definition) is 1. The van der Waals surface area contributed by atoms with E-state index in [-0.39, 0.29) is 0 Å². The van der Waals surface area contributed by atoms with Gasteiger partial charge in [-0.3, -0.25) is 0 Å². The maximum atomic E-state index is 4.32. The molecular formula is C9H16N4. The van der Waals surface area contributed by atoms with Gasteiger partial charge in [-0.15, -0.1) is 0 Å². The van der Waals surface area contributed by atoms with Gasteiger partial charge in [-0.05, 0) is 19.7 Å². The molecule has 0 aliphatic heterocycles. The molecule has 1 heterocycles. The summed E-state index contributed by atoms with van der Waals surface area (Å²) in [5.41, 5.74) is 1.05. The van der Waals surface area contributed by atoms with Crippen molar-refractivity contribution < 1.29 is 0 Å². The summed E-state index contributed by atoms with van der Waals surface area (Å²) >= 11 is 0. The average molecular weight is 180 g/mol. The maximum absolute atomic E-state index is 4.32. The standard InChI is InChI=1S/C9H16N4/c1-4-13(3)7-8-5-6-11-9(10-2)12-8/h5-6H,4,7H2,1-3H3,(H,10,11,12). The number of anilines is 1. The molecule has 0 unspecified atom stereocenters. The van der Waals surface area contributed by atoms with Crippen molar-refractivity contribution in [3.63, 3.8) is 0 Å². The Labute approximate surface area is 79.0 Å². The maximum Gasteiger partial charge on any atom is 0.222 e. The van der Waals surface area contributed by atoms with Gasteiger partial charge in [0, 0.05) is 19.8 Å². The summed E-state index contributed by atoms with van der Waals surface area (Å²) in [6, 6.07) is 1.94. The number of rotatable bonds is 4. The summed E-state index contributed by atoms with van der Waals surface area (Å²) < 4.78 is 0. The smallest absolute Gasteiger partial charge is 0.222 e. The Kier molecular flexibility index (Phi) is 3.64. The van der Waals surface area contributed by atoms with Crippen LogP contribution in [-0.2, 0) is 6.54 Å². The van der Waals surface area contributed by atoms with Gasteiger partial charge in [-0.25, -0.2) is 9.97 Å². The number of hydrogen-bond acceptors (Lipinski definition) is 4. The van der Waals surface area contributed by atoms with Crippen LogP contribution in [0.15, 0.2) is 12.3 Å². The summed E-state index contributed by atoms with van der Waals surface area (Å²) in [5.74, 6) is 0.682. The quantitative estimate of drug-likeness (QED) is 0.749. The lowest BCUT2D eigenvalue weighted by Crippen LogP contribution is -2.17. The molecule has 1 aromatic heterocycles. The van der Waals surface area contributed by atoms with E-state index in [1.807, 2.05) is 13.1 Å². The molecule has 0 radical (unpaired) electrons. The van der Waals surface area contributed by atoms with E-state index in [2.05, 4.69) is 34.2 Å². The van der Waals surface area contributed by atoms with E-state index in [9.17, 15) is 0 Å². The van der Waals surface area contributed by atoms with Crippen LogP contribution in [0.25, 0.3) is 0 Å². The molecule has 0 spiro atoms. The minimum atomic E-state index is 0.682. The van der Waals surface area contributed by atoms with Crippen molar-refractivity contribution in [2.75, 3.05) is 26.0 Å². The van der Waals surface area contributed by atoms with Gasteiger partial charge in [0.2, 0.25) is 5.95 Å². The molecule has 0 amide bonds. The van der Waals surface area contributed by atoms with Crippen molar-refractivity contribution in [3.8, 4) is 0 Å². The van der Waals surface area contributed by atoms with Gasteiger partial charge < -0.3 is 10.2 Å². The Balaban J connectivity index is 2.66. The molecule has 0 aromatic carbocycles. The molecular weight excluding hydrogens is 164 g/mol. The van der Waals surface area contributed by atoms with E-state index < -0.39 is 0 Å². The van der Waals surface area contributed by atoms with E-state index >= 15 is 0 Å². The zero-order valence-electron chi connectivity index (χ0n) is 8.41. The third-order valence-corrected chi connectivity index (χ3v) is 1.91. The highest BCUT2D eigenvalue weighted by Gasteiger charge is 1.99. The first-order valence-electron chi connectivity index (χ1n) is 4.44. The average Bonchev–Trinajstić information content (AvgIpc) is 2.18. The number of nitrogens with one attached hydrogen (secondary N) is 1. The van der Waals surface area contributed by atoms with Crippen LogP contribution in [0, 0.1) is 0 Å². The predicted molar refractivity (Wildman–Crippen MR) is 53.6 cm³/mol. The lowest BCUT2D eigenvalue weighted by atomic mass is 10.4. The van der Waals surface area contributed by atoms with Crippen molar-refractivity contribution in [2.45, 2.75) is 13.5 Å². The van der Waals surface area contributed by atoms with Crippen LogP contribution in [-0.4, -0.2) is 35.5 Å². The van der Waals surface area contributed by atoms with E-state index in [4.69, 9.17) is 0 Å². The van der Waals surface area contributed by atoms with Crippen LogP contribution in [0.2, 0.25) is 0 Å². The van der Waals surface area contributed by atoms with Crippen molar-refractivity contribution in [1.29, 1.82) is 0 Å². The lowest BCUT2D eigenvalue weighted by molar-refractivity contribution is 0.341. The molecule has 72 valence electrons. The van der Waals surface area contributed by atoms with E-state index in [0.717, 1.165) is 18.8 Å². The van der Waals surface area contributed by atoms with Crippen molar-refractivity contribution in [1.82, 2.24) is 14.9 Å². The fraction of sp³-hybridized carbons (Fsp3) is 0.556. The highest BCUT2D eigenvalue weighted by Crippen LogP contribution is 2.01. The second kappa shape index (κ2) is 4.77. The van der Waals surface area contributed by atoms with Crippen LogP contribution in [0.4, 0.5) is 5.95 Å². The fourth-order valence-electron chi connectivity index (χ4n) is 0.993. The van der Waals surface area contributed by atoms with Crippen LogP contribution < -0.4 is 5.32 Å². The highest BCUT2D eigenvalue weighted by atomic mass is 15.1. The van der Waals surface area contributed by atoms with E-state index in [1.165, 1.54) is 0 Å². The summed E-state index contributed by atoms with van der Waals surface area (Å²) in [6.07, 6.45) is 1.78. The molecule has 0 saturated carbocycles. The van der Waals surface area contributed by atoms with Gasteiger partial charge in [-0.2, -0.15) is 0 Å². The normalized spacial score (nSPS) is 10.5. The Hall–Kier alpha value is -1.16. The number of aromatic nitrogens is 2. The molecule has 4 nitrogen and oxygen atoms in total. The molecule has 4 heteroatoms. The third-order valence-electron chi connectivity index (χ3n) is 1.91. The summed E-state index contributed by atoms with van der Waals surface area (Å²) in [4.78, 5) is 10.6.